The predicted molar refractivity (Wildman–Crippen MR) is 92.3 cm³/mol. The molecule has 1 aromatic heterocycles. The van der Waals surface area contributed by atoms with Gasteiger partial charge in [-0.3, -0.25) is 0 Å². The number of anilines is 2. The number of unbranched alkanes of at least 4 members (excludes halogenated alkanes) is 2. The Hall–Kier alpha value is -1.32. The smallest absolute Gasteiger partial charge is 0.137 e. The maximum atomic E-state index is 4.81. The third-order valence-electron chi connectivity index (χ3n) is 3.72. The maximum absolute atomic E-state index is 4.81. The topological polar surface area (TPSA) is 41.1 Å². The second-order valence-corrected chi connectivity index (χ2v) is 5.82. The fraction of sp³-hybridized carbons (Fsp3) is 0.765. The summed E-state index contributed by atoms with van der Waals surface area (Å²) in [7, 11) is 0. The van der Waals surface area contributed by atoms with Crippen molar-refractivity contribution in [1.29, 1.82) is 0 Å². The van der Waals surface area contributed by atoms with Crippen LogP contribution in [-0.4, -0.2) is 29.1 Å². The lowest BCUT2D eigenvalue weighted by molar-refractivity contribution is 0.616. The summed E-state index contributed by atoms with van der Waals surface area (Å²) < 4.78 is 0. The highest BCUT2D eigenvalue weighted by atomic mass is 15.2. The Kier molecular flexibility index (Phi) is 7.48. The van der Waals surface area contributed by atoms with E-state index in [9.17, 15) is 0 Å². The minimum Gasteiger partial charge on any atom is -0.370 e. The molecule has 0 radical (unpaired) electrons. The van der Waals surface area contributed by atoms with Gasteiger partial charge in [-0.05, 0) is 34.1 Å². The molecule has 0 aliphatic heterocycles. The van der Waals surface area contributed by atoms with Crippen molar-refractivity contribution in [3.05, 3.63) is 11.4 Å². The van der Waals surface area contributed by atoms with E-state index in [0.29, 0.717) is 6.04 Å². The first-order chi connectivity index (χ1) is 10.0. The van der Waals surface area contributed by atoms with Crippen LogP contribution in [0.3, 0.4) is 0 Å². The average molecular weight is 292 g/mol. The molecule has 1 N–H and O–H groups in total. The van der Waals surface area contributed by atoms with Crippen molar-refractivity contribution >= 4 is 11.6 Å². The summed E-state index contributed by atoms with van der Waals surface area (Å²) in [4.78, 5) is 11.9. The molecule has 21 heavy (non-hydrogen) atoms. The Bertz CT molecular complexity index is 429. The van der Waals surface area contributed by atoms with Gasteiger partial charge in [0.15, 0.2) is 0 Å². The van der Waals surface area contributed by atoms with E-state index in [0.717, 1.165) is 37.0 Å². The summed E-state index contributed by atoms with van der Waals surface area (Å²) >= 11 is 0. The van der Waals surface area contributed by atoms with Gasteiger partial charge in [0.25, 0.3) is 0 Å². The third kappa shape index (κ3) is 4.87. The molecule has 0 aliphatic carbocycles. The highest BCUT2D eigenvalue weighted by Gasteiger charge is 2.18. The Morgan fingerprint density at radius 3 is 2.33 bits per heavy atom. The van der Waals surface area contributed by atoms with Crippen LogP contribution in [0.25, 0.3) is 0 Å². The summed E-state index contributed by atoms with van der Waals surface area (Å²) in [5.41, 5.74) is 1.17. The van der Waals surface area contributed by atoms with Crippen LogP contribution >= 0.6 is 0 Å². The molecule has 0 amide bonds. The molecule has 4 nitrogen and oxygen atoms in total. The van der Waals surface area contributed by atoms with Gasteiger partial charge in [0, 0.05) is 31.1 Å². The zero-order chi connectivity index (χ0) is 15.8. The molecule has 1 aromatic rings. The lowest BCUT2D eigenvalue weighted by Crippen LogP contribution is -2.33. The van der Waals surface area contributed by atoms with Crippen LogP contribution in [0.4, 0.5) is 11.6 Å². The molecule has 0 fully saturated rings. The Morgan fingerprint density at radius 2 is 1.81 bits per heavy atom. The Labute approximate surface area is 130 Å². The summed E-state index contributed by atoms with van der Waals surface area (Å²) in [5, 5.41) is 3.37. The number of aromatic nitrogens is 2. The van der Waals surface area contributed by atoms with Crippen LogP contribution in [-0.2, 0) is 6.42 Å². The van der Waals surface area contributed by atoms with Gasteiger partial charge in [-0.15, -0.1) is 0 Å². The van der Waals surface area contributed by atoms with E-state index in [4.69, 9.17) is 4.98 Å². The molecule has 0 aliphatic rings. The standard InChI is InChI=1S/C17H32N4/c1-7-10-11-12-21(13(4)5)17-14(6)16(18-9-3)19-15(8-2)20-17/h13H,7-12H2,1-6H3,(H,18,19,20). The normalized spacial score (nSPS) is 11.0. The number of rotatable bonds is 9. The molecule has 1 rings (SSSR count). The van der Waals surface area contributed by atoms with Crippen LogP contribution in [0.1, 0.15) is 65.3 Å². The molecule has 0 spiro atoms. The van der Waals surface area contributed by atoms with E-state index in [1.807, 2.05) is 0 Å². The first-order valence-corrected chi connectivity index (χ1v) is 8.43. The van der Waals surface area contributed by atoms with E-state index < -0.39 is 0 Å². The molecule has 4 heteroatoms. The molecule has 0 aromatic carbocycles. The van der Waals surface area contributed by atoms with Gasteiger partial charge >= 0.3 is 0 Å². The van der Waals surface area contributed by atoms with Gasteiger partial charge < -0.3 is 10.2 Å². The van der Waals surface area contributed by atoms with E-state index >= 15 is 0 Å². The van der Waals surface area contributed by atoms with Crippen molar-refractivity contribution in [2.45, 2.75) is 73.3 Å². The van der Waals surface area contributed by atoms with Gasteiger partial charge in [0.2, 0.25) is 0 Å². The zero-order valence-corrected chi connectivity index (χ0v) is 14.7. The van der Waals surface area contributed by atoms with E-state index in [1.54, 1.807) is 0 Å². The molecular formula is C17H32N4. The van der Waals surface area contributed by atoms with Crippen molar-refractivity contribution in [3.8, 4) is 0 Å². The second-order valence-electron chi connectivity index (χ2n) is 5.82. The third-order valence-corrected chi connectivity index (χ3v) is 3.72. The molecular weight excluding hydrogens is 260 g/mol. The number of hydrogen-bond donors (Lipinski definition) is 1. The predicted octanol–water partition coefficient (Wildman–Crippen LogP) is 4.18. The lowest BCUT2D eigenvalue weighted by atomic mass is 10.2. The summed E-state index contributed by atoms with van der Waals surface area (Å²) in [6.45, 7) is 15.0. The van der Waals surface area contributed by atoms with Crippen molar-refractivity contribution in [1.82, 2.24) is 9.97 Å². The minimum absolute atomic E-state index is 0.453. The molecule has 0 unspecified atom stereocenters. The fourth-order valence-corrected chi connectivity index (χ4v) is 2.47. The monoisotopic (exact) mass is 292 g/mol. The quantitative estimate of drug-likeness (QED) is 0.693. The number of hydrogen-bond acceptors (Lipinski definition) is 4. The lowest BCUT2D eigenvalue weighted by Gasteiger charge is -2.30. The van der Waals surface area contributed by atoms with Gasteiger partial charge in [-0.25, -0.2) is 9.97 Å². The van der Waals surface area contributed by atoms with Crippen molar-refractivity contribution in [2.24, 2.45) is 0 Å². The fourth-order valence-electron chi connectivity index (χ4n) is 2.47. The van der Waals surface area contributed by atoms with Gasteiger partial charge in [0.05, 0.1) is 0 Å². The summed E-state index contributed by atoms with van der Waals surface area (Å²) in [6, 6.07) is 0.453. The highest BCUT2D eigenvalue weighted by Crippen LogP contribution is 2.26. The molecule has 0 atom stereocenters. The first-order valence-electron chi connectivity index (χ1n) is 8.43. The van der Waals surface area contributed by atoms with Crippen LogP contribution in [0, 0.1) is 6.92 Å². The van der Waals surface area contributed by atoms with Crippen molar-refractivity contribution in [2.75, 3.05) is 23.3 Å². The Balaban J connectivity index is 3.12. The van der Waals surface area contributed by atoms with E-state index in [1.165, 1.54) is 24.8 Å². The van der Waals surface area contributed by atoms with Crippen molar-refractivity contribution < 1.29 is 0 Å². The molecule has 1 heterocycles. The van der Waals surface area contributed by atoms with Crippen LogP contribution in [0.15, 0.2) is 0 Å². The average Bonchev–Trinajstić information content (AvgIpc) is 2.46. The Morgan fingerprint density at radius 1 is 1.10 bits per heavy atom. The van der Waals surface area contributed by atoms with Gasteiger partial charge in [-0.2, -0.15) is 0 Å². The molecule has 0 saturated heterocycles. The SMILES string of the molecule is CCCCCN(c1nc(CC)nc(NCC)c1C)C(C)C. The number of nitrogens with one attached hydrogen (secondary N) is 1. The summed E-state index contributed by atoms with van der Waals surface area (Å²) in [6.07, 6.45) is 4.61. The first kappa shape index (κ1) is 17.7. The largest absolute Gasteiger partial charge is 0.370 e. The number of aryl methyl sites for hydroxylation is 1. The van der Waals surface area contributed by atoms with Crippen LogP contribution < -0.4 is 10.2 Å². The van der Waals surface area contributed by atoms with Gasteiger partial charge in [-0.1, -0.05) is 26.7 Å². The molecule has 0 bridgehead atoms. The van der Waals surface area contributed by atoms with E-state index in [2.05, 4.69) is 56.7 Å². The van der Waals surface area contributed by atoms with Crippen molar-refractivity contribution in [3.63, 3.8) is 0 Å². The molecule has 0 saturated carbocycles. The maximum Gasteiger partial charge on any atom is 0.137 e. The van der Waals surface area contributed by atoms with Gasteiger partial charge in [0.1, 0.15) is 17.5 Å². The van der Waals surface area contributed by atoms with Crippen LogP contribution in [0.2, 0.25) is 0 Å². The molecule has 120 valence electrons. The van der Waals surface area contributed by atoms with Crippen LogP contribution in [0.5, 0.6) is 0 Å². The second kappa shape index (κ2) is 8.85. The minimum atomic E-state index is 0.453. The zero-order valence-electron chi connectivity index (χ0n) is 14.7. The number of nitrogens with zero attached hydrogens (tertiary/aromatic N) is 3. The highest BCUT2D eigenvalue weighted by molar-refractivity contribution is 5.59. The van der Waals surface area contributed by atoms with E-state index in [-0.39, 0.29) is 0 Å². The summed E-state index contributed by atoms with van der Waals surface area (Å²) in [5.74, 6) is 3.01.